The SMILES string of the molecule is CCc1cccc2c(C=O)cn(CCOc3ccc(OC)cc3)c12. The van der Waals surface area contributed by atoms with Crippen LogP contribution in [0.4, 0.5) is 0 Å². The fourth-order valence-electron chi connectivity index (χ4n) is 2.95. The zero-order chi connectivity index (χ0) is 16.9. The van der Waals surface area contributed by atoms with E-state index in [-0.39, 0.29) is 0 Å². The quantitative estimate of drug-likeness (QED) is 0.615. The predicted molar refractivity (Wildman–Crippen MR) is 95.2 cm³/mol. The summed E-state index contributed by atoms with van der Waals surface area (Å²) in [6, 6.07) is 13.6. The number of nitrogens with zero attached hydrogens (tertiary/aromatic N) is 1. The van der Waals surface area contributed by atoms with Crippen molar-refractivity contribution < 1.29 is 14.3 Å². The smallest absolute Gasteiger partial charge is 0.152 e. The van der Waals surface area contributed by atoms with E-state index in [0.717, 1.165) is 40.7 Å². The number of aryl methyl sites for hydroxylation is 1. The Labute approximate surface area is 141 Å². The lowest BCUT2D eigenvalue weighted by Crippen LogP contribution is -2.08. The summed E-state index contributed by atoms with van der Waals surface area (Å²) in [5.41, 5.74) is 3.09. The summed E-state index contributed by atoms with van der Waals surface area (Å²) in [6.07, 6.45) is 3.76. The van der Waals surface area contributed by atoms with Crippen molar-refractivity contribution in [1.29, 1.82) is 0 Å². The molecule has 0 unspecified atom stereocenters. The molecule has 3 aromatic rings. The Bertz CT molecular complexity index is 834. The molecule has 0 atom stereocenters. The third-order valence-electron chi connectivity index (χ3n) is 4.18. The molecule has 0 aliphatic heterocycles. The molecule has 0 N–H and O–H groups in total. The molecule has 4 nitrogen and oxygen atoms in total. The lowest BCUT2D eigenvalue weighted by Gasteiger charge is -2.10. The van der Waals surface area contributed by atoms with Crippen LogP contribution in [-0.4, -0.2) is 24.6 Å². The van der Waals surface area contributed by atoms with E-state index in [9.17, 15) is 4.79 Å². The first-order chi connectivity index (χ1) is 11.8. The molecule has 0 spiro atoms. The van der Waals surface area contributed by atoms with Gasteiger partial charge in [0.05, 0.1) is 19.2 Å². The van der Waals surface area contributed by atoms with Crippen molar-refractivity contribution in [2.24, 2.45) is 0 Å². The minimum Gasteiger partial charge on any atom is -0.497 e. The molecule has 2 aromatic carbocycles. The van der Waals surface area contributed by atoms with Crippen LogP contribution in [0.15, 0.2) is 48.7 Å². The van der Waals surface area contributed by atoms with Gasteiger partial charge in [-0.05, 0) is 36.2 Å². The molecule has 124 valence electrons. The maximum absolute atomic E-state index is 11.3. The number of carbonyl (C=O) groups is 1. The van der Waals surface area contributed by atoms with Crippen LogP contribution in [0, 0.1) is 0 Å². The summed E-state index contributed by atoms with van der Waals surface area (Å²) >= 11 is 0. The fourth-order valence-corrected chi connectivity index (χ4v) is 2.95. The normalized spacial score (nSPS) is 10.8. The van der Waals surface area contributed by atoms with Gasteiger partial charge in [0.25, 0.3) is 0 Å². The van der Waals surface area contributed by atoms with E-state index in [2.05, 4.69) is 17.6 Å². The van der Waals surface area contributed by atoms with Crippen molar-refractivity contribution in [2.75, 3.05) is 13.7 Å². The van der Waals surface area contributed by atoms with Crippen LogP contribution < -0.4 is 9.47 Å². The Kier molecular flexibility index (Phi) is 4.85. The maximum Gasteiger partial charge on any atom is 0.152 e. The topological polar surface area (TPSA) is 40.5 Å². The minimum absolute atomic E-state index is 0.534. The van der Waals surface area contributed by atoms with E-state index in [1.165, 1.54) is 5.56 Å². The van der Waals surface area contributed by atoms with Gasteiger partial charge in [0.15, 0.2) is 6.29 Å². The molecule has 0 bridgehead atoms. The van der Waals surface area contributed by atoms with Crippen molar-refractivity contribution >= 4 is 17.2 Å². The summed E-state index contributed by atoms with van der Waals surface area (Å²) in [4.78, 5) is 11.3. The number of para-hydroxylation sites is 1. The van der Waals surface area contributed by atoms with Crippen LogP contribution in [0.25, 0.3) is 10.9 Å². The molecule has 24 heavy (non-hydrogen) atoms. The molecule has 0 fully saturated rings. The zero-order valence-electron chi connectivity index (χ0n) is 14.0. The summed E-state index contributed by atoms with van der Waals surface area (Å²) in [5.74, 6) is 1.61. The van der Waals surface area contributed by atoms with Gasteiger partial charge in [0.1, 0.15) is 18.1 Å². The van der Waals surface area contributed by atoms with Crippen LogP contribution in [-0.2, 0) is 13.0 Å². The minimum atomic E-state index is 0.534. The summed E-state index contributed by atoms with van der Waals surface area (Å²) in [7, 11) is 1.64. The molecule has 0 aliphatic rings. The highest BCUT2D eigenvalue weighted by molar-refractivity contribution is 5.98. The second-order valence-corrected chi connectivity index (χ2v) is 5.59. The van der Waals surface area contributed by atoms with Gasteiger partial charge in [-0.25, -0.2) is 0 Å². The van der Waals surface area contributed by atoms with E-state index in [1.54, 1.807) is 7.11 Å². The van der Waals surface area contributed by atoms with Crippen LogP contribution >= 0.6 is 0 Å². The molecule has 0 saturated heterocycles. The van der Waals surface area contributed by atoms with Crippen molar-refractivity contribution in [3.63, 3.8) is 0 Å². The van der Waals surface area contributed by atoms with Crippen molar-refractivity contribution in [3.8, 4) is 11.5 Å². The van der Waals surface area contributed by atoms with Gasteiger partial charge in [-0.1, -0.05) is 25.1 Å². The number of fused-ring (bicyclic) bond motifs is 1. The Hall–Kier alpha value is -2.75. The van der Waals surface area contributed by atoms with Gasteiger partial charge >= 0.3 is 0 Å². The molecular formula is C20H21NO3. The first-order valence-electron chi connectivity index (χ1n) is 8.09. The number of hydrogen-bond acceptors (Lipinski definition) is 3. The molecule has 0 aliphatic carbocycles. The molecule has 0 saturated carbocycles. The van der Waals surface area contributed by atoms with Crippen molar-refractivity contribution in [1.82, 2.24) is 4.57 Å². The predicted octanol–water partition coefficient (Wildman–Crippen LogP) is 4.10. The summed E-state index contributed by atoms with van der Waals surface area (Å²) in [5, 5.41) is 1.01. The lowest BCUT2D eigenvalue weighted by molar-refractivity contribution is 0.112. The van der Waals surface area contributed by atoms with E-state index in [1.807, 2.05) is 42.6 Å². The van der Waals surface area contributed by atoms with Crippen LogP contribution in [0.3, 0.4) is 0 Å². The average Bonchev–Trinajstić information content (AvgIpc) is 3.00. The van der Waals surface area contributed by atoms with Crippen molar-refractivity contribution in [2.45, 2.75) is 19.9 Å². The van der Waals surface area contributed by atoms with E-state index >= 15 is 0 Å². The first-order valence-corrected chi connectivity index (χ1v) is 8.09. The van der Waals surface area contributed by atoms with E-state index < -0.39 is 0 Å². The number of benzene rings is 2. The Morgan fingerprint density at radius 1 is 1.08 bits per heavy atom. The van der Waals surface area contributed by atoms with Gasteiger partial charge < -0.3 is 14.0 Å². The first kappa shape index (κ1) is 16.1. The Balaban J connectivity index is 1.78. The number of hydrogen-bond donors (Lipinski definition) is 0. The number of rotatable bonds is 7. The van der Waals surface area contributed by atoms with Gasteiger partial charge in [-0.3, -0.25) is 4.79 Å². The molecule has 0 amide bonds. The number of carbonyl (C=O) groups excluding carboxylic acids is 1. The maximum atomic E-state index is 11.3. The van der Waals surface area contributed by atoms with Crippen LogP contribution in [0.5, 0.6) is 11.5 Å². The molecule has 3 rings (SSSR count). The number of methoxy groups -OCH3 is 1. The highest BCUT2D eigenvalue weighted by atomic mass is 16.5. The highest BCUT2D eigenvalue weighted by Crippen LogP contribution is 2.24. The van der Waals surface area contributed by atoms with Gasteiger partial charge in [0.2, 0.25) is 0 Å². The highest BCUT2D eigenvalue weighted by Gasteiger charge is 2.11. The van der Waals surface area contributed by atoms with Crippen LogP contribution in [0.2, 0.25) is 0 Å². The summed E-state index contributed by atoms with van der Waals surface area (Å²) < 4.78 is 13.1. The van der Waals surface area contributed by atoms with Gasteiger partial charge in [0, 0.05) is 17.1 Å². The molecule has 1 aromatic heterocycles. The number of aromatic nitrogens is 1. The van der Waals surface area contributed by atoms with Gasteiger partial charge in [-0.2, -0.15) is 0 Å². The second kappa shape index (κ2) is 7.21. The molecular weight excluding hydrogens is 302 g/mol. The number of ether oxygens (including phenoxy) is 2. The largest absolute Gasteiger partial charge is 0.497 e. The third kappa shape index (κ3) is 3.13. The Morgan fingerprint density at radius 2 is 1.83 bits per heavy atom. The van der Waals surface area contributed by atoms with E-state index in [0.29, 0.717) is 13.2 Å². The third-order valence-corrected chi connectivity index (χ3v) is 4.18. The average molecular weight is 323 g/mol. The molecule has 4 heteroatoms. The van der Waals surface area contributed by atoms with Gasteiger partial charge in [-0.15, -0.1) is 0 Å². The van der Waals surface area contributed by atoms with Crippen molar-refractivity contribution in [3.05, 3.63) is 59.8 Å². The zero-order valence-corrected chi connectivity index (χ0v) is 14.0. The molecule has 0 radical (unpaired) electrons. The monoisotopic (exact) mass is 323 g/mol. The fraction of sp³-hybridized carbons (Fsp3) is 0.250. The number of aldehydes is 1. The standard InChI is InChI=1S/C20H21NO3/c1-3-15-5-4-6-19-16(14-22)13-21(20(15)19)11-12-24-18-9-7-17(23-2)8-10-18/h4-10,13-14H,3,11-12H2,1-2H3. The second-order valence-electron chi connectivity index (χ2n) is 5.59. The lowest BCUT2D eigenvalue weighted by atomic mass is 10.1. The summed E-state index contributed by atoms with van der Waals surface area (Å²) in [6.45, 7) is 3.35. The Morgan fingerprint density at radius 3 is 2.50 bits per heavy atom. The molecule has 1 heterocycles. The van der Waals surface area contributed by atoms with Crippen LogP contribution in [0.1, 0.15) is 22.8 Å². The van der Waals surface area contributed by atoms with E-state index in [4.69, 9.17) is 9.47 Å².